The summed E-state index contributed by atoms with van der Waals surface area (Å²) in [5.74, 6) is 0. The highest BCUT2D eigenvalue weighted by Crippen LogP contribution is 2.11. The number of hydrogen-bond acceptors (Lipinski definition) is 3. The third-order valence-electron chi connectivity index (χ3n) is 2.95. The van der Waals surface area contributed by atoms with Crippen LogP contribution < -0.4 is 0 Å². The van der Waals surface area contributed by atoms with Crippen LogP contribution in [-0.4, -0.2) is 39.3 Å². The second kappa shape index (κ2) is 6.87. The van der Waals surface area contributed by atoms with Gasteiger partial charge in [-0.15, -0.1) is 6.58 Å². The molecule has 0 aliphatic carbocycles. The number of rotatable bonds is 7. The van der Waals surface area contributed by atoms with Crippen molar-refractivity contribution in [3.8, 4) is 5.69 Å². The quantitative estimate of drug-likeness (QED) is 0.770. The van der Waals surface area contributed by atoms with Gasteiger partial charge in [-0.1, -0.05) is 18.2 Å². The maximum absolute atomic E-state index is 9.02. The summed E-state index contributed by atoms with van der Waals surface area (Å²) in [7, 11) is 0. The Morgan fingerprint density at radius 1 is 1.32 bits per heavy atom. The van der Waals surface area contributed by atoms with Crippen LogP contribution in [0.4, 0.5) is 0 Å². The lowest BCUT2D eigenvalue weighted by Gasteiger charge is -2.19. The maximum Gasteiger partial charge on any atom is 0.0991 e. The minimum absolute atomic E-state index is 0.168. The third kappa shape index (κ3) is 3.77. The zero-order valence-electron chi connectivity index (χ0n) is 10.9. The minimum atomic E-state index is 0.168. The van der Waals surface area contributed by atoms with E-state index in [-0.39, 0.29) is 6.61 Å². The van der Waals surface area contributed by atoms with Gasteiger partial charge in [-0.05, 0) is 17.7 Å². The molecule has 1 heterocycles. The Bertz CT molecular complexity index is 491. The first-order valence-electron chi connectivity index (χ1n) is 6.35. The maximum atomic E-state index is 9.02. The molecule has 4 nitrogen and oxygen atoms in total. The molecule has 4 heteroatoms. The fraction of sp³-hybridized carbons (Fsp3) is 0.267. The molecule has 2 aromatic rings. The van der Waals surface area contributed by atoms with E-state index in [4.69, 9.17) is 5.11 Å². The van der Waals surface area contributed by atoms with E-state index < -0.39 is 0 Å². The predicted molar refractivity (Wildman–Crippen MR) is 76.1 cm³/mol. The molecule has 0 atom stereocenters. The van der Waals surface area contributed by atoms with E-state index >= 15 is 0 Å². The fourth-order valence-corrected chi connectivity index (χ4v) is 2.00. The molecule has 1 N–H and O–H groups in total. The van der Waals surface area contributed by atoms with Crippen molar-refractivity contribution in [2.24, 2.45) is 0 Å². The van der Waals surface area contributed by atoms with Crippen molar-refractivity contribution in [3.63, 3.8) is 0 Å². The Morgan fingerprint density at radius 3 is 2.68 bits per heavy atom. The standard InChI is InChI=1S/C15H19N3O/c1-2-8-17(10-11-19)12-14-3-5-15(6-4-14)18-9-7-16-13-18/h2-7,9,13,19H,1,8,10-12H2. The Labute approximate surface area is 113 Å². The molecule has 0 unspecified atom stereocenters. The third-order valence-corrected chi connectivity index (χ3v) is 2.95. The van der Waals surface area contributed by atoms with Crippen molar-refractivity contribution in [2.75, 3.05) is 19.7 Å². The van der Waals surface area contributed by atoms with Crippen LogP contribution in [0, 0.1) is 0 Å². The van der Waals surface area contributed by atoms with Gasteiger partial charge in [-0.2, -0.15) is 0 Å². The van der Waals surface area contributed by atoms with Gasteiger partial charge >= 0.3 is 0 Å². The average molecular weight is 257 g/mol. The predicted octanol–water partition coefficient (Wildman–Crippen LogP) is 1.85. The van der Waals surface area contributed by atoms with Gasteiger partial charge in [0.25, 0.3) is 0 Å². The Morgan fingerprint density at radius 2 is 2.11 bits per heavy atom. The number of aliphatic hydroxyl groups excluding tert-OH is 1. The molecular weight excluding hydrogens is 238 g/mol. The Balaban J connectivity index is 2.03. The summed E-state index contributed by atoms with van der Waals surface area (Å²) < 4.78 is 1.97. The molecule has 0 saturated carbocycles. The molecule has 0 saturated heterocycles. The Kier molecular flexibility index (Phi) is 4.89. The van der Waals surface area contributed by atoms with Crippen LogP contribution in [0.15, 0.2) is 55.6 Å². The van der Waals surface area contributed by atoms with E-state index in [1.54, 1.807) is 12.5 Å². The molecule has 1 aromatic heterocycles. The highest BCUT2D eigenvalue weighted by atomic mass is 16.3. The molecule has 2 rings (SSSR count). The smallest absolute Gasteiger partial charge is 0.0991 e. The molecule has 19 heavy (non-hydrogen) atoms. The van der Waals surface area contributed by atoms with E-state index in [2.05, 4.69) is 40.7 Å². The van der Waals surface area contributed by atoms with Crippen molar-refractivity contribution >= 4 is 0 Å². The first-order chi connectivity index (χ1) is 9.33. The van der Waals surface area contributed by atoms with Gasteiger partial charge in [0.05, 0.1) is 12.9 Å². The van der Waals surface area contributed by atoms with Gasteiger partial charge in [0.15, 0.2) is 0 Å². The number of aliphatic hydroxyl groups is 1. The summed E-state index contributed by atoms with van der Waals surface area (Å²) in [5.41, 5.74) is 2.32. The van der Waals surface area contributed by atoms with E-state index in [9.17, 15) is 0 Å². The van der Waals surface area contributed by atoms with Crippen LogP contribution >= 0.6 is 0 Å². The number of aromatic nitrogens is 2. The summed E-state index contributed by atoms with van der Waals surface area (Å²) in [4.78, 5) is 6.19. The summed E-state index contributed by atoms with van der Waals surface area (Å²) >= 11 is 0. The lowest BCUT2D eigenvalue weighted by atomic mass is 10.2. The molecular formula is C15H19N3O. The van der Waals surface area contributed by atoms with Crippen LogP contribution in [0.2, 0.25) is 0 Å². The zero-order chi connectivity index (χ0) is 13.5. The second-order valence-electron chi connectivity index (χ2n) is 4.38. The van der Waals surface area contributed by atoms with Crippen molar-refractivity contribution in [1.29, 1.82) is 0 Å². The highest BCUT2D eigenvalue weighted by Gasteiger charge is 2.04. The van der Waals surface area contributed by atoms with E-state index in [0.29, 0.717) is 6.54 Å². The minimum Gasteiger partial charge on any atom is -0.395 e. The average Bonchev–Trinajstić information content (AvgIpc) is 2.94. The van der Waals surface area contributed by atoms with Gasteiger partial charge in [0.2, 0.25) is 0 Å². The van der Waals surface area contributed by atoms with Gasteiger partial charge < -0.3 is 9.67 Å². The van der Waals surface area contributed by atoms with Crippen LogP contribution in [0.5, 0.6) is 0 Å². The van der Waals surface area contributed by atoms with Crippen LogP contribution in [0.25, 0.3) is 5.69 Å². The van der Waals surface area contributed by atoms with Crippen molar-refractivity contribution in [1.82, 2.24) is 14.5 Å². The van der Waals surface area contributed by atoms with E-state index in [0.717, 1.165) is 18.8 Å². The van der Waals surface area contributed by atoms with Gasteiger partial charge in [-0.3, -0.25) is 4.90 Å². The summed E-state index contributed by atoms with van der Waals surface area (Å²) in [6.07, 6.45) is 7.33. The normalized spacial score (nSPS) is 10.8. The molecule has 0 fully saturated rings. The molecule has 1 aromatic carbocycles. The topological polar surface area (TPSA) is 41.3 Å². The van der Waals surface area contributed by atoms with Crippen molar-refractivity contribution in [2.45, 2.75) is 6.54 Å². The molecule has 0 aliphatic heterocycles. The van der Waals surface area contributed by atoms with Gasteiger partial charge in [0.1, 0.15) is 0 Å². The van der Waals surface area contributed by atoms with Gasteiger partial charge in [0, 0.05) is 37.7 Å². The first-order valence-corrected chi connectivity index (χ1v) is 6.35. The lowest BCUT2D eigenvalue weighted by Crippen LogP contribution is -2.26. The van der Waals surface area contributed by atoms with E-state index in [1.165, 1.54) is 5.56 Å². The SMILES string of the molecule is C=CCN(CCO)Cc1ccc(-n2ccnc2)cc1. The summed E-state index contributed by atoms with van der Waals surface area (Å²) in [5, 5.41) is 9.02. The fourth-order valence-electron chi connectivity index (χ4n) is 2.00. The number of imidazole rings is 1. The molecule has 0 spiro atoms. The molecule has 100 valence electrons. The number of nitrogens with zero attached hydrogens (tertiary/aromatic N) is 3. The van der Waals surface area contributed by atoms with Gasteiger partial charge in [-0.25, -0.2) is 4.98 Å². The highest BCUT2D eigenvalue weighted by molar-refractivity contribution is 5.34. The van der Waals surface area contributed by atoms with E-state index in [1.807, 2.05) is 16.8 Å². The molecule has 0 aliphatic rings. The van der Waals surface area contributed by atoms with Crippen molar-refractivity contribution < 1.29 is 5.11 Å². The number of benzene rings is 1. The van der Waals surface area contributed by atoms with Crippen LogP contribution in [0.1, 0.15) is 5.56 Å². The molecule has 0 radical (unpaired) electrons. The van der Waals surface area contributed by atoms with Crippen LogP contribution in [0.3, 0.4) is 0 Å². The Hall–Kier alpha value is -1.91. The van der Waals surface area contributed by atoms with Crippen molar-refractivity contribution in [3.05, 3.63) is 61.2 Å². The zero-order valence-corrected chi connectivity index (χ0v) is 10.9. The summed E-state index contributed by atoms with van der Waals surface area (Å²) in [6.45, 7) is 6.17. The largest absolute Gasteiger partial charge is 0.395 e. The monoisotopic (exact) mass is 257 g/mol. The molecule has 0 amide bonds. The number of hydrogen-bond donors (Lipinski definition) is 1. The second-order valence-corrected chi connectivity index (χ2v) is 4.38. The first kappa shape index (κ1) is 13.5. The summed E-state index contributed by atoms with van der Waals surface area (Å²) in [6, 6.07) is 8.34. The van der Waals surface area contributed by atoms with Crippen LogP contribution in [-0.2, 0) is 6.54 Å². The lowest BCUT2D eigenvalue weighted by molar-refractivity contribution is 0.203. The molecule has 0 bridgehead atoms.